The van der Waals surface area contributed by atoms with Crippen molar-refractivity contribution in [1.29, 1.82) is 0 Å². The van der Waals surface area contributed by atoms with E-state index in [1.165, 1.54) is 11.1 Å². The molecule has 3 nitrogen and oxygen atoms in total. The Balaban J connectivity index is 2.47. The number of nitrogens with zero attached hydrogens (tertiary/aromatic N) is 2. The minimum Gasteiger partial charge on any atom is -0.305 e. The molecule has 1 unspecified atom stereocenters. The summed E-state index contributed by atoms with van der Waals surface area (Å²) in [4.78, 5) is 0. The highest BCUT2D eigenvalue weighted by Crippen LogP contribution is 2.30. The summed E-state index contributed by atoms with van der Waals surface area (Å²) in [6.07, 6.45) is 2.77. The summed E-state index contributed by atoms with van der Waals surface area (Å²) in [6.45, 7) is 8.09. The van der Waals surface area contributed by atoms with Gasteiger partial charge in [0.1, 0.15) is 0 Å². The van der Waals surface area contributed by atoms with Crippen LogP contribution in [0.4, 0.5) is 0 Å². The molecule has 0 fully saturated rings. The van der Waals surface area contributed by atoms with Crippen molar-refractivity contribution in [3.05, 3.63) is 50.7 Å². The van der Waals surface area contributed by atoms with Gasteiger partial charge in [0.2, 0.25) is 0 Å². The quantitative estimate of drug-likeness (QED) is 0.797. The predicted molar refractivity (Wildman–Crippen MR) is 91.9 cm³/mol. The van der Waals surface area contributed by atoms with Crippen molar-refractivity contribution in [2.24, 2.45) is 0 Å². The van der Waals surface area contributed by atoms with E-state index in [1.807, 2.05) is 4.68 Å². The van der Waals surface area contributed by atoms with Gasteiger partial charge in [-0.3, -0.25) is 4.68 Å². The largest absolute Gasteiger partial charge is 0.305 e. The highest BCUT2D eigenvalue weighted by molar-refractivity contribution is 9.10. The number of hydrogen-bond donors (Lipinski definition) is 1. The van der Waals surface area contributed by atoms with Crippen molar-refractivity contribution >= 4 is 27.5 Å². The van der Waals surface area contributed by atoms with Crippen LogP contribution in [0, 0.1) is 6.92 Å². The molecule has 0 aliphatic rings. The van der Waals surface area contributed by atoms with Gasteiger partial charge in [0.05, 0.1) is 23.0 Å². The van der Waals surface area contributed by atoms with Crippen molar-refractivity contribution in [3.63, 3.8) is 0 Å². The fourth-order valence-corrected chi connectivity index (χ4v) is 2.97. The molecule has 2 rings (SSSR count). The molecule has 1 aromatic carbocycles. The molecule has 0 bridgehead atoms. The van der Waals surface area contributed by atoms with Crippen LogP contribution in [-0.2, 0) is 6.54 Å². The highest BCUT2D eigenvalue weighted by Gasteiger charge is 2.21. The number of benzene rings is 1. The van der Waals surface area contributed by atoms with Crippen molar-refractivity contribution < 1.29 is 0 Å². The average molecular weight is 371 g/mol. The van der Waals surface area contributed by atoms with Gasteiger partial charge in [-0.25, -0.2) is 0 Å². The van der Waals surface area contributed by atoms with Gasteiger partial charge in [-0.15, -0.1) is 0 Å². The first-order valence-corrected chi connectivity index (χ1v) is 8.46. The molecule has 21 heavy (non-hydrogen) atoms. The van der Waals surface area contributed by atoms with E-state index in [4.69, 9.17) is 11.6 Å². The van der Waals surface area contributed by atoms with E-state index in [-0.39, 0.29) is 6.04 Å². The Morgan fingerprint density at radius 1 is 1.38 bits per heavy atom. The zero-order valence-electron chi connectivity index (χ0n) is 12.7. The first kappa shape index (κ1) is 16.5. The number of hydrogen-bond acceptors (Lipinski definition) is 2. The van der Waals surface area contributed by atoms with Crippen LogP contribution < -0.4 is 5.32 Å². The molecular weight excluding hydrogens is 350 g/mol. The molecule has 0 saturated heterocycles. The van der Waals surface area contributed by atoms with E-state index < -0.39 is 0 Å². The molecule has 0 aliphatic heterocycles. The molecule has 0 amide bonds. The molecule has 114 valence electrons. The lowest BCUT2D eigenvalue weighted by molar-refractivity contribution is 0.520. The average Bonchev–Trinajstić information content (AvgIpc) is 2.81. The summed E-state index contributed by atoms with van der Waals surface area (Å²) in [5.74, 6) is 0. The van der Waals surface area contributed by atoms with Gasteiger partial charge in [0.25, 0.3) is 0 Å². The van der Waals surface area contributed by atoms with Crippen LogP contribution in [0.5, 0.6) is 0 Å². The van der Waals surface area contributed by atoms with E-state index in [0.717, 1.165) is 34.7 Å². The summed E-state index contributed by atoms with van der Waals surface area (Å²) in [5.41, 5.74) is 3.47. The second-order valence-electron chi connectivity index (χ2n) is 5.10. The van der Waals surface area contributed by atoms with Crippen molar-refractivity contribution in [2.45, 2.75) is 39.8 Å². The maximum atomic E-state index is 6.40. The van der Waals surface area contributed by atoms with E-state index in [1.54, 1.807) is 6.20 Å². The van der Waals surface area contributed by atoms with Crippen LogP contribution in [0.3, 0.4) is 0 Å². The summed E-state index contributed by atoms with van der Waals surface area (Å²) < 4.78 is 3.13. The van der Waals surface area contributed by atoms with Gasteiger partial charge >= 0.3 is 0 Å². The predicted octanol–water partition coefficient (Wildman–Crippen LogP) is 4.72. The number of rotatable bonds is 6. The molecule has 5 heteroatoms. The number of nitrogens with one attached hydrogen (secondary N) is 1. The Labute approximate surface area is 139 Å². The number of aromatic nitrogens is 2. The van der Waals surface area contributed by atoms with Gasteiger partial charge < -0.3 is 5.32 Å². The van der Waals surface area contributed by atoms with Gasteiger partial charge in [0.15, 0.2) is 0 Å². The first-order valence-electron chi connectivity index (χ1n) is 7.29. The monoisotopic (exact) mass is 369 g/mol. The molecule has 1 heterocycles. The third kappa shape index (κ3) is 3.68. The maximum Gasteiger partial charge on any atom is 0.0837 e. The Kier molecular flexibility index (Phi) is 5.85. The molecule has 1 aromatic heterocycles. The third-order valence-corrected chi connectivity index (χ3v) is 4.65. The van der Waals surface area contributed by atoms with E-state index in [2.05, 4.69) is 65.3 Å². The Morgan fingerprint density at radius 3 is 2.76 bits per heavy atom. The minimum absolute atomic E-state index is 0.0587. The van der Waals surface area contributed by atoms with E-state index in [0.29, 0.717) is 0 Å². The summed E-state index contributed by atoms with van der Waals surface area (Å²) >= 11 is 9.96. The normalized spacial score (nSPS) is 12.6. The molecule has 0 saturated carbocycles. The van der Waals surface area contributed by atoms with Crippen LogP contribution in [0.1, 0.15) is 43.1 Å². The van der Waals surface area contributed by atoms with Crippen molar-refractivity contribution in [2.75, 3.05) is 6.54 Å². The molecule has 0 aliphatic carbocycles. The van der Waals surface area contributed by atoms with Crippen LogP contribution in [0.15, 0.2) is 28.9 Å². The number of aryl methyl sites for hydroxylation is 2. The highest BCUT2D eigenvalue weighted by atomic mass is 79.9. The van der Waals surface area contributed by atoms with Gasteiger partial charge in [-0.2, -0.15) is 5.10 Å². The maximum absolute atomic E-state index is 6.40. The lowest BCUT2D eigenvalue weighted by atomic mass is 10.0. The zero-order valence-corrected chi connectivity index (χ0v) is 15.0. The topological polar surface area (TPSA) is 29.9 Å². The Hall–Kier alpha value is -0.840. The van der Waals surface area contributed by atoms with Crippen LogP contribution in [-0.4, -0.2) is 16.3 Å². The van der Waals surface area contributed by atoms with E-state index >= 15 is 0 Å². The molecule has 1 atom stereocenters. The third-order valence-electron chi connectivity index (χ3n) is 3.47. The second kappa shape index (κ2) is 7.43. The van der Waals surface area contributed by atoms with Gasteiger partial charge in [-0.05, 0) is 37.1 Å². The summed E-state index contributed by atoms with van der Waals surface area (Å²) in [6, 6.07) is 6.47. The Bertz CT molecular complexity index is 610. The Morgan fingerprint density at radius 2 is 2.14 bits per heavy atom. The molecule has 1 N–H and O–H groups in total. The summed E-state index contributed by atoms with van der Waals surface area (Å²) in [7, 11) is 0. The van der Waals surface area contributed by atoms with Crippen LogP contribution >= 0.6 is 27.5 Å². The van der Waals surface area contributed by atoms with E-state index in [9.17, 15) is 0 Å². The van der Waals surface area contributed by atoms with Crippen molar-refractivity contribution in [1.82, 2.24) is 15.1 Å². The van der Waals surface area contributed by atoms with Gasteiger partial charge in [0, 0.05) is 11.0 Å². The number of halogens is 2. The molecule has 2 aromatic rings. The molecule has 0 radical (unpaired) electrons. The zero-order chi connectivity index (χ0) is 15.4. The first-order chi connectivity index (χ1) is 10.1. The van der Waals surface area contributed by atoms with Gasteiger partial charge in [-0.1, -0.05) is 53.5 Å². The lowest BCUT2D eigenvalue weighted by Crippen LogP contribution is -2.25. The van der Waals surface area contributed by atoms with Crippen LogP contribution in [0.2, 0.25) is 5.02 Å². The molecule has 0 spiro atoms. The molecular formula is C16H21BrClN3. The van der Waals surface area contributed by atoms with Crippen molar-refractivity contribution in [3.8, 4) is 0 Å². The fourth-order valence-electron chi connectivity index (χ4n) is 2.47. The fraction of sp³-hybridized carbons (Fsp3) is 0.438. The minimum atomic E-state index is 0.0587. The standard InChI is InChI=1S/C16H21BrClN3/c1-4-8-21-16(14(18)10-20-21)15(19-5-2)12-6-7-13(17)11(3)9-12/h6-7,9-10,15,19H,4-5,8H2,1-3H3. The summed E-state index contributed by atoms with van der Waals surface area (Å²) in [5, 5.41) is 8.65. The SMILES string of the molecule is CCCn1ncc(Cl)c1C(NCC)c1ccc(Br)c(C)c1. The van der Waals surface area contributed by atoms with Crippen LogP contribution in [0.25, 0.3) is 0 Å². The lowest BCUT2D eigenvalue weighted by Gasteiger charge is -2.21. The second-order valence-corrected chi connectivity index (χ2v) is 6.36. The smallest absolute Gasteiger partial charge is 0.0837 e.